The number of aromatic nitrogens is 4. The van der Waals surface area contributed by atoms with Crippen LogP contribution in [0.3, 0.4) is 0 Å². The van der Waals surface area contributed by atoms with Gasteiger partial charge < -0.3 is 10.1 Å². The summed E-state index contributed by atoms with van der Waals surface area (Å²) in [7, 11) is 1.49. The molecule has 0 aliphatic rings. The number of nitrogens with one attached hydrogen (secondary N) is 1. The Bertz CT molecular complexity index is 1220. The smallest absolute Gasteiger partial charge is 0.293 e. The first-order valence-electron chi connectivity index (χ1n) is 8.18. The highest BCUT2D eigenvalue weighted by Crippen LogP contribution is 2.27. The highest BCUT2D eigenvalue weighted by Gasteiger charge is 2.14. The Kier molecular flexibility index (Phi) is 4.84. The van der Waals surface area contributed by atoms with E-state index in [1.54, 1.807) is 24.3 Å². The molecule has 0 spiro atoms. The van der Waals surface area contributed by atoms with E-state index in [9.17, 15) is 9.59 Å². The number of nitrogens with zero attached hydrogens (tertiary/aromatic N) is 4. The molecule has 0 saturated carbocycles. The Morgan fingerprint density at radius 3 is 2.93 bits per heavy atom. The number of rotatable bonds is 5. The molecular formula is C18H14ClN5O3S. The van der Waals surface area contributed by atoms with Crippen LogP contribution in [0.5, 0.6) is 5.75 Å². The summed E-state index contributed by atoms with van der Waals surface area (Å²) >= 11 is 7.50. The topological polar surface area (TPSA) is 90.5 Å². The number of amides is 1. The first-order valence-corrected chi connectivity index (χ1v) is 9.43. The number of thiophene rings is 1. The second-order valence-corrected chi connectivity index (χ2v) is 7.21. The van der Waals surface area contributed by atoms with Gasteiger partial charge in [-0.15, -0.1) is 11.3 Å². The van der Waals surface area contributed by atoms with E-state index < -0.39 is 11.5 Å². The van der Waals surface area contributed by atoms with Gasteiger partial charge in [-0.2, -0.15) is 10.2 Å². The molecule has 0 unspecified atom stereocenters. The molecular weight excluding hydrogens is 402 g/mol. The third kappa shape index (κ3) is 3.49. The summed E-state index contributed by atoms with van der Waals surface area (Å²) in [6.45, 7) is -0.259. The lowest BCUT2D eigenvalue weighted by atomic mass is 10.3. The zero-order valence-corrected chi connectivity index (χ0v) is 16.2. The van der Waals surface area contributed by atoms with Crippen LogP contribution in [0.1, 0.15) is 0 Å². The Hall–Kier alpha value is -3.17. The van der Waals surface area contributed by atoms with Crippen molar-refractivity contribution in [3.8, 4) is 16.3 Å². The molecule has 1 aromatic carbocycles. The number of carbonyl (C=O) groups is 1. The Balaban J connectivity index is 1.59. The minimum Gasteiger partial charge on any atom is -0.495 e. The van der Waals surface area contributed by atoms with Crippen LogP contribution in [-0.4, -0.2) is 32.4 Å². The van der Waals surface area contributed by atoms with Gasteiger partial charge in [0.1, 0.15) is 29.8 Å². The van der Waals surface area contributed by atoms with Crippen molar-refractivity contribution in [2.24, 2.45) is 0 Å². The van der Waals surface area contributed by atoms with Crippen LogP contribution < -0.4 is 15.6 Å². The number of methoxy groups -OCH3 is 1. The van der Waals surface area contributed by atoms with Gasteiger partial charge in [0.25, 0.3) is 5.56 Å². The summed E-state index contributed by atoms with van der Waals surface area (Å²) in [5.74, 6) is 0.0300. The number of hydrogen-bond donors (Lipinski definition) is 1. The van der Waals surface area contributed by atoms with E-state index in [0.717, 1.165) is 9.56 Å². The van der Waals surface area contributed by atoms with Crippen molar-refractivity contribution in [2.45, 2.75) is 6.54 Å². The summed E-state index contributed by atoms with van der Waals surface area (Å²) in [6.07, 6.45) is 1.40. The molecule has 1 N–H and O–H groups in total. The van der Waals surface area contributed by atoms with Gasteiger partial charge in [0.2, 0.25) is 5.91 Å². The van der Waals surface area contributed by atoms with Gasteiger partial charge in [0, 0.05) is 5.02 Å². The summed E-state index contributed by atoms with van der Waals surface area (Å²) in [6, 6.07) is 10.4. The van der Waals surface area contributed by atoms with Gasteiger partial charge in [-0.05, 0) is 35.7 Å². The van der Waals surface area contributed by atoms with Crippen LogP contribution >= 0.6 is 22.9 Å². The third-order valence-corrected chi connectivity index (χ3v) is 5.12. The first kappa shape index (κ1) is 18.2. The molecule has 1 amide bonds. The molecule has 4 rings (SSSR count). The number of ether oxygens (including phenoxy) is 1. The van der Waals surface area contributed by atoms with Crippen LogP contribution in [0.25, 0.3) is 16.1 Å². The van der Waals surface area contributed by atoms with Crippen molar-refractivity contribution in [3.63, 3.8) is 0 Å². The highest BCUT2D eigenvalue weighted by molar-refractivity contribution is 7.13. The second kappa shape index (κ2) is 7.45. The molecule has 3 heterocycles. The van der Waals surface area contributed by atoms with Crippen molar-refractivity contribution < 1.29 is 9.53 Å². The predicted molar refractivity (Wildman–Crippen MR) is 107 cm³/mol. The average Bonchev–Trinajstić information content (AvgIpc) is 3.34. The van der Waals surface area contributed by atoms with E-state index in [4.69, 9.17) is 16.3 Å². The molecule has 3 aromatic heterocycles. The van der Waals surface area contributed by atoms with Crippen molar-refractivity contribution in [2.75, 3.05) is 12.4 Å². The highest BCUT2D eigenvalue weighted by atomic mass is 35.5. The average molecular weight is 416 g/mol. The van der Waals surface area contributed by atoms with Crippen LogP contribution in [0, 0.1) is 0 Å². The van der Waals surface area contributed by atoms with Gasteiger partial charge in [-0.25, -0.2) is 9.20 Å². The van der Waals surface area contributed by atoms with Crippen LogP contribution in [0.2, 0.25) is 5.02 Å². The Morgan fingerprint density at radius 1 is 1.32 bits per heavy atom. The molecule has 28 heavy (non-hydrogen) atoms. The van der Waals surface area contributed by atoms with Gasteiger partial charge in [0.15, 0.2) is 0 Å². The van der Waals surface area contributed by atoms with Gasteiger partial charge in [-0.1, -0.05) is 17.7 Å². The minimum absolute atomic E-state index is 0.259. The van der Waals surface area contributed by atoms with E-state index in [-0.39, 0.29) is 6.54 Å². The number of carbonyl (C=O) groups excluding carboxylic acids is 1. The first-order chi connectivity index (χ1) is 13.5. The van der Waals surface area contributed by atoms with Gasteiger partial charge in [0.05, 0.1) is 17.7 Å². The number of halogens is 1. The Morgan fingerprint density at radius 2 is 2.18 bits per heavy atom. The molecule has 0 bridgehead atoms. The standard InChI is InChI=1S/C18H14ClN5O3S/c1-27-15-5-4-11(19)7-12(15)21-17(25)9-23-18(26)14-8-13(16-3-2-6-28-16)22-24(14)10-20-23/h2-8,10H,9H2,1H3,(H,21,25). The zero-order valence-electron chi connectivity index (χ0n) is 14.6. The van der Waals surface area contributed by atoms with Crippen LogP contribution in [0.15, 0.2) is 52.9 Å². The maximum atomic E-state index is 12.7. The zero-order chi connectivity index (χ0) is 19.7. The molecule has 0 aliphatic heterocycles. The van der Waals surface area contributed by atoms with Gasteiger partial charge in [-0.3, -0.25) is 9.59 Å². The normalized spacial score (nSPS) is 10.9. The minimum atomic E-state index is -0.433. The molecule has 0 aliphatic carbocycles. The van der Waals surface area contributed by atoms with Gasteiger partial charge >= 0.3 is 0 Å². The summed E-state index contributed by atoms with van der Waals surface area (Å²) in [5.41, 5.74) is 1.02. The Labute approximate surface area is 167 Å². The molecule has 142 valence electrons. The van der Waals surface area contributed by atoms with E-state index >= 15 is 0 Å². The fourth-order valence-electron chi connectivity index (χ4n) is 2.70. The maximum Gasteiger partial charge on any atom is 0.293 e. The van der Waals surface area contributed by atoms with E-state index in [1.807, 2.05) is 17.5 Å². The number of fused-ring (bicyclic) bond motifs is 1. The molecule has 0 fully saturated rings. The predicted octanol–water partition coefficient (Wildman–Crippen LogP) is 2.92. The lowest BCUT2D eigenvalue weighted by Gasteiger charge is -2.11. The van der Waals surface area contributed by atoms with Crippen molar-refractivity contribution in [3.05, 3.63) is 63.5 Å². The van der Waals surface area contributed by atoms with E-state index in [0.29, 0.717) is 27.7 Å². The fourth-order valence-corrected chi connectivity index (χ4v) is 3.55. The number of benzene rings is 1. The summed E-state index contributed by atoms with van der Waals surface area (Å²) in [4.78, 5) is 26.0. The fraction of sp³-hybridized carbons (Fsp3) is 0.111. The summed E-state index contributed by atoms with van der Waals surface area (Å²) < 4.78 is 7.70. The summed E-state index contributed by atoms with van der Waals surface area (Å²) in [5, 5.41) is 13.5. The van der Waals surface area contributed by atoms with Crippen molar-refractivity contribution >= 4 is 40.0 Å². The SMILES string of the molecule is COc1ccc(Cl)cc1NC(=O)Cn1ncn2nc(-c3cccs3)cc2c1=O. The maximum absolute atomic E-state index is 12.7. The molecule has 0 saturated heterocycles. The lowest BCUT2D eigenvalue weighted by Crippen LogP contribution is -2.30. The molecule has 8 nitrogen and oxygen atoms in total. The van der Waals surface area contributed by atoms with Crippen molar-refractivity contribution in [1.29, 1.82) is 0 Å². The largest absolute Gasteiger partial charge is 0.495 e. The van der Waals surface area contributed by atoms with Crippen LogP contribution in [0.4, 0.5) is 5.69 Å². The monoisotopic (exact) mass is 415 g/mol. The lowest BCUT2D eigenvalue weighted by molar-refractivity contribution is -0.117. The van der Waals surface area contributed by atoms with E-state index in [1.165, 1.54) is 29.3 Å². The number of anilines is 1. The molecule has 4 aromatic rings. The molecule has 10 heteroatoms. The third-order valence-electron chi connectivity index (χ3n) is 3.99. The molecule has 0 radical (unpaired) electrons. The van der Waals surface area contributed by atoms with Crippen LogP contribution in [-0.2, 0) is 11.3 Å². The molecule has 0 atom stereocenters. The quantitative estimate of drug-likeness (QED) is 0.541. The number of hydrogen-bond acceptors (Lipinski definition) is 6. The van der Waals surface area contributed by atoms with E-state index in [2.05, 4.69) is 15.5 Å². The second-order valence-electron chi connectivity index (χ2n) is 5.82. The van der Waals surface area contributed by atoms with Crippen molar-refractivity contribution in [1.82, 2.24) is 19.4 Å².